The number of nitrogens with two attached hydrogens (primary N) is 1. The van der Waals surface area contributed by atoms with Crippen molar-refractivity contribution < 1.29 is 33.6 Å². The van der Waals surface area contributed by atoms with Gasteiger partial charge in [0.25, 0.3) is 17.5 Å². The molecule has 0 saturated carbocycles. The number of anilines is 1. The first kappa shape index (κ1) is 22.5. The number of nitrogens with one attached hydrogen (secondary N) is 1. The fourth-order valence-corrected chi connectivity index (χ4v) is 4.30. The van der Waals surface area contributed by atoms with Crippen molar-refractivity contribution in [3.8, 4) is 0 Å². The Bertz CT molecular complexity index is 1430. The van der Waals surface area contributed by atoms with E-state index in [2.05, 4.69) is 5.32 Å². The average molecular weight is 479 g/mol. The average Bonchev–Trinajstić information content (AvgIpc) is 3.28. The van der Waals surface area contributed by atoms with Gasteiger partial charge < -0.3 is 15.8 Å². The first-order valence-corrected chi connectivity index (χ1v) is 10.4. The second-order valence-electron chi connectivity index (χ2n) is 7.00. The summed E-state index contributed by atoms with van der Waals surface area (Å²) in [4.78, 5) is 72.7. The summed E-state index contributed by atoms with van der Waals surface area (Å²) in [5.74, 6) is -4.20. The summed E-state index contributed by atoms with van der Waals surface area (Å²) in [7, 11) is 0. The zero-order chi connectivity index (χ0) is 24.6. The third kappa shape index (κ3) is 3.82. The monoisotopic (exact) mass is 479 g/mol. The summed E-state index contributed by atoms with van der Waals surface area (Å²) in [6.45, 7) is -0.834. The van der Waals surface area contributed by atoms with Gasteiger partial charge in [0.05, 0.1) is 10.5 Å². The van der Waals surface area contributed by atoms with Crippen LogP contribution >= 0.6 is 11.3 Å². The van der Waals surface area contributed by atoms with Crippen molar-refractivity contribution in [3.05, 3.63) is 91.3 Å². The highest BCUT2D eigenvalue weighted by Gasteiger charge is 2.39. The maximum Gasteiger partial charge on any atom is 0.345 e. The number of thiophene rings is 1. The molecule has 0 atom stereocenters. The number of benzene rings is 2. The van der Waals surface area contributed by atoms with E-state index >= 15 is 0 Å². The highest BCUT2D eigenvalue weighted by atomic mass is 32.1. The van der Waals surface area contributed by atoms with E-state index in [0.717, 1.165) is 23.5 Å². The predicted octanol–water partition coefficient (Wildman–Crippen LogP) is 2.33. The number of fused-ring (bicyclic) bond motifs is 2. The van der Waals surface area contributed by atoms with Crippen LogP contribution in [0.3, 0.4) is 0 Å². The standard InChI is InChI=1S/C22H13N3O8S/c23-20(29)14-7-8-34-21(14)24-15(26)9-33-22(30)13-6-5-12-16(17(13)25(31)32)19(28)11-4-2-1-3-10(11)18(12)27/h1-8H,9H2,(H2,23,29)(H,24,26). The van der Waals surface area contributed by atoms with Crippen LogP contribution in [0.15, 0.2) is 47.8 Å². The lowest BCUT2D eigenvalue weighted by Gasteiger charge is -2.18. The van der Waals surface area contributed by atoms with Crippen molar-refractivity contribution in [2.75, 3.05) is 11.9 Å². The third-order valence-corrected chi connectivity index (χ3v) is 5.82. The number of hydrogen-bond acceptors (Lipinski definition) is 9. The van der Waals surface area contributed by atoms with Gasteiger partial charge in [-0.1, -0.05) is 24.3 Å². The van der Waals surface area contributed by atoms with Gasteiger partial charge in [-0.2, -0.15) is 0 Å². The van der Waals surface area contributed by atoms with Gasteiger partial charge in [0.2, 0.25) is 5.78 Å². The van der Waals surface area contributed by atoms with Gasteiger partial charge in [-0.15, -0.1) is 11.3 Å². The molecule has 0 spiro atoms. The maximum absolute atomic E-state index is 13.0. The van der Waals surface area contributed by atoms with Crippen LogP contribution < -0.4 is 11.1 Å². The normalized spacial score (nSPS) is 11.9. The van der Waals surface area contributed by atoms with E-state index in [4.69, 9.17) is 10.5 Å². The van der Waals surface area contributed by atoms with Gasteiger partial charge in [-0.3, -0.25) is 29.3 Å². The Morgan fingerprint density at radius 1 is 0.971 bits per heavy atom. The van der Waals surface area contributed by atoms with Crippen LogP contribution in [0.25, 0.3) is 0 Å². The molecule has 1 heterocycles. The van der Waals surface area contributed by atoms with E-state index in [-0.39, 0.29) is 27.3 Å². The minimum absolute atomic E-state index is 0.0193. The molecule has 0 unspecified atom stereocenters. The summed E-state index contributed by atoms with van der Waals surface area (Å²) in [6.07, 6.45) is 0. The Labute approximate surface area is 194 Å². The lowest BCUT2D eigenvalue weighted by Crippen LogP contribution is -2.25. The molecule has 0 aliphatic heterocycles. The van der Waals surface area contributed by atoms with E-state index in [0.29, 0.717) is 0 Å². The molecule has 12 heteroatoms. The number of carbonyl (C=O) groups excluding carboxylic acids is 5. The highest BCUT2D eigenvalue weighted by molar-refractivity contribution is 7.14. The van der Waals surface area contributed by atoms with Crippen LogP contribution in [0.1, 0.15) is 52.6 Å². The first-order valence-electron chi connectivity index (χ1n) is 9.54. The second kappa shape index (κ2) is 8.67. The molecule has 0 bridgehead atoms. The van der Waals surface area contributed by atoms with Gasteiger partial charge in [0.15, 0.2) is 12.4 Å². The molecule has 11 nitrogen and oxygen atoms in total. The van der Waals surface area contributed by atoms with Gasteiger partial charge in [0.1, 0.15) is 16.1 Å². The number of carbonyl (C=O) groups is 5. The topological polar surface area (TPSA) is 176 Å². The number of nitro groups is 1. The minimum atomic E-state index is -1.25. The number of primary amides is 1. The lowest BCUT2D eigenvalue weighted by atomic mass is 9.82. The summed E-state index contributed by atoms with van der Waals surface area (Å²) < 4.78 is 4.89. The van der Waals surface area contributed by atoms with Crippen molar-refractivity contribution in [2.45, 2.75) is 0 Å². The molecule has 0 radical (unpaired) electrons. The Kier molecular flexibility index (Phi) is 5.73. The van der Waals surface area contributed by atoms with Crippen LogP contribution in [0, 0.1) is 10.1 Å². The molecule has 2 aromatic carbocycles. The molecule has 1 aromatic heterocycles. The van der Waals surface area contributed by atoms with Crippen molar-refractivity contribution in [2.24, 2.45) is 5.73 Å². The van der Waals surface area contributed by atoms with Crippen molar-refractivity contribution in [3.63, 3.8) is 0 Å². The molecule has 3 aromatic rings. The first-order chi connectivity index (χ1) is 16.2. The number of nitro benzene ring substituents is 1. The van der Waals surface area contributed by atoms with Crippen LogP contribution in [0.2, 0.25) is 0 Å². The fourth-order valence-electron chi connectivity index (χ4n) is 3.50. The maximum atomic E-state index is 13.0. The zero-order valence-electron chi connectivity index (χ0n) is 17.0. The van der Waals surface area contributed by atoms with Crippen molar-refractivity contribution in [1.82, 2.24) is 0 Å². The summed E-state index contributed by atoms with van der Waals surface area (Å²) in [6, 6.07) is 9.41. The lowest BCUT2D eigenvalue weighted by molar-refractivity contribution is -0.385. The number of hydrogen-bond donors (Lipinski definition) is 2. The number of ether oxygens (including phenoxy) is 1. The van der Waals surface area contributed by atoms with E-state index in [1.54, 1.807) is 6.07 Å². The van der Waals surface area contributed by atoms with E-state index in [1.807, 2.05) is 0 Å². The highest BCUT2D eigenvalue weighted by Crippen LogP contribution is 2.35. The smallest absolute Gasteiger partial charge is 0.345 e. The predicted molar refractivity (Wildman–Crippen MR) is 118 cm³/mol. The molecular formula is C22H13N3O8S. The zero-order valence-corrected chi connectivity index (χ0v) is 17.8. The van der Waals surface area contributed by atoms with Gasteiger partial charge >= 0.3 is 5.97 Å². The molecule has 0 fully saturated rings. The van der Waals surface area contributed by atoms with Crippen LogP contribution in [-0.2, 0) is 9.53 Å². The molecule has 170 valence electrons. The van der Waals surface area contributed by atoms with Crippen molar-refractivity contribution >= 4 is 51.4 Å². The molecule has 0 saturated heterocycles. The Hall–Kier alpha value is -4.71. The quantitative estimate of drug-likeness (QED) is 0.240. The number of rotatable bonds is 6. The molecule has 1 aliphatic rings. The molecule has 3 N–H and O–H groups in total. The van der Waals surface area contributed by atoms with Crippen molar-refractivity contribution in [1.29, 1.82) is 0 Å². The minimum Gasteiger partial charge on any atom is -0.452 e. The number of ketones is 2. The molecule has 4 rings (SSSR count). The number of nitrogens with zero attached hydrogens (tertiary/aromatic N) is 1. The van der Waals surface area contributed by atoms with E-state index in [1.165, 1.54) is 29.6 Å². The Morgan fingerprint density at radius 3 is 2.29 bits per heavy atom. The summed E-state index contributed by atoms with van der Waals surface area (Å²) in [5.41, 5.74) is 3.15. The molecule has 1 aliphatic carbocycles. The third-order valence-electron chi connectivity index (χ3n) is 4.99. The van der Waals surface area contributed by atoms with E-state index in [9.17, 15) is 34.1 Å². The summed E-state index contributed by atoms with van der Waals surface area (Å²) >= 11 is 1.02. The van der Waals surface area contributed by atoms with Gasteiger partial charge in [-0.05, 0) is 23.6 Å². The van der Waals surface area contributed by atoms with Crippen LogP contribution in [-0.4, -0.2) is 40.9 Å². The van der Waals surface area contributed by atoms with Gasteiger partial charge in [0, 0.05) is 16.7 Å². The van der Waals surface area contributed by atoms with Gasteiger partial charge in [-0.25, -0.2) is 4.79 Å². The van der Waals surface area contributed by atoms with Crippen LogP contribution in [0.5, 0.6) is 0 Å². The van der Waals surface area contributed by atoms with Crippen LogP contribution in [0.4, 0.5) is 10.7 Å². The summed E-state index contributed by atoms with van der Waals surface area (Å²) in [5, 5.41) is 15.9. The Balaban J connectivity index is 1.61. The molecule has 2 amide bonds. The molecular weight excluding hydrogens is 466 g/mol. The molecule has 34 heavy (non-hydrogen) atoms. The Morgan fingerprint density at radius 2 is 1.65 bits per heavy atom. The number of amides is 2. The van der Waals surface area contributed by atoms with E-state index < -0.39 is 57.7 Å². The second-order valence-corrected chi connectivity index (χ2v) is 7.91. The SMILES string of the molecule is NC(=O)c1ccsc1NC(=O)COC(=O)c1ccc2c(c1[N+](=O)[O-])C(=O)c1ccccc1C2=O. The fraction of sp³-hybridized carbons (Fsp3) is 0.0455. The largest absolute Gasteiger partial charge is 0.452 e. The number of esters is 1.